The molecule has 0 saturated heterocycles. The molecule has 0 spiro atoms. The second-order valence-corrected chi connectivity index (χ2v) is 3.91. The molecule has 0 aliphatic carbocycles. The predicted octanol–water partition coefficient (Wildman–Crippen LogP) is 0.296. The molecule has 18 heavy (non-hydrogen) atoms. The predicted molar refractivity (Wildman–Crippen MR) is 64.7 cm³/mol. The Morgan fingerprint density at radius 2 is 1.89 bits per heavy atom. The minimum absolute atomic E-state index is 0.531. The Bertz CT molecular complexity index is 487. The average Bonchev–Trinajstić information content (AvgIpc) is 2.60. The Kier molecular flexibility index (Phi) is 3.36. The van der Waals surface area contributed by atoms with Crippen LogP contribution in [0.2, 0.25) is 0 Å². The van der Waals surface area contributed by atoms with Crippen LogP contribution in [0.4, 0.5) is 5.69 Å². The normalized spacial score (nSPS) is 13.6. The summed E-state index contributed by atoms with van der Waals surface area (Å²) in [5.74, 6) is -0.570. The number of likely N-dealkylation sites (N-methyl/N-ethyl adjacent to an activating group) is 1. The number of hydrogen-bond acceptors (Lipinski definition) is 4. The van der Waals surface area contributed by atoms with Crippen LogP contribution in [0.3, 0.4) is 0 Å². The van der Waals surface area contributed by atoms with E-state index in [-0.39, 0.29) is 0 Å². The quantitative estimate of drug-likeness (QED) is 0.726. The summed E-state index contributed by atoms with van der Waals surface area (Å²) >= 11 is 0. The van der Waals surface area contributed by atoms with Gasteiger partial charge >= 0.3 is 11.8 Å². The number of ether oxygens (including phenoxy) is 2. The van der Waals surface area contributed by atoms with Gasteiger partial charge in [0.15, 0.2) is 11.5 Å². The molecule has 2 N–H and O–H groups in total. The van der Waals surface area contributed by atoms with Crippen molar-refractivity contribution in [3.8, 4) is 11.5 Å². The van der Waals surface area contributed by atoms with E-state index >= 15 is 0 Å². The first-order valence-electron chi connectivity index (χ1n) is 5.56. The van der Waals surface area contributed by atoms with Crippen molar-refractivity contribution in [1.29, 1.82) is 0 Å². The van der Waals surface area contributed by atoms with Gasteiger partial charge in [0.2, 0.25) is 0 Å². The number of rotatable bonds is 1. The van der Waals surface area contributed by atoms with Crippen LogP contribution in [0.15, 0.2) is 18.2 Å². The number of amides is 2. The van der Waals surface area contributed by atoms with E-state index in [0.717, 1.165) is 6.42 Å². The maximum atomic E-state index is 11.5. The summed E-state index contributed by atoms with van der Waals surface area (Å²) < 4.78 is 11.0. The number of benzene rings is 1. The highest BCUT2D eigenvalue weighted by Crippen LogP contribution is 2.33. The molecule has 6 nitrogen and oxygen atoms in total. The summed E-state index contributed by atoms with van der Waals surface area (Å²) in [6, 6.07) is 5.04. The number of fused-ring (bicyclic) bond motifs is 1. The number of anilines is 1. The summed E-state index contributed by atoms with van der Waals surface area (Å²) in [5, 5.41) is 0. The highest BCUT2D eigenvalue weighted by molar-refractivity contribution is 6.39. The number of nitrogens with two attached hydrogens (primary N) is 1. The van der Waals surface area contributed by atoms with Gasteiger partial charge in [0.05, 0.1) is 13.2 Å². The van der Waals surface area contributed by atoms with Crippen molar-refractivity contribution in [1.82, 2.24) is 0 Å². The van der Waals surface area contributed by atoms with E-state index in [2.05, 4.69) is 0 Å². The summed E-state index contributed by atoms with van der Waals surface area (Å²) in [7, 11) is 1.48. The first kappa shape index (κ1) is 12.2. The second-order valence-electron chi connectivity index (χ2n) is 3.91. The van der Waals surface area contributed by atoms with Gasteiger partial charge in [-0.3, -0.25) is 9.59 Å². The van der Waals surface area contributed by atoms with Crippen molar-refractivity contribution in [3.63, 3.8) is 0 Å². The van der Waals surface area contributed by atoms with E-state index in [0.29, 0.717) is 30.4 Å². The maximum Gasteiger partial charge on any atom is 0.315 e. The van der Waals surface area contributed by atoms with Gasteiger partial charge in [-0.2, -0.15) is 0 Å². The number of carbonyl (C=O) groups excluding carboxylic acids is 2. The Hall–Kier alpha value is -2.24. The molecule has 0 atom stereocenters. The Labute approximate surface area is 104 Å². The standard InChI is InChI=1S/C12H14N2O4/c1-14(12(16)11(13)15)8-3-4-9-10(7-8)18-6-2-5-17-9/h3-4,7H,2,5-6H2,1H3,(H2,13,15). The lowest BCUT2D eigenvalue weighted by Gasteiger charge is -2.17. The van der Waals surface area contributed by atoms with Crippen LogP contribution in [0.25, 0.3) is 0 Å². The zero-order valence-corrected chi connectivity index (χ0v) is 10.0. The van der Waals surface area contributed by atoms with Gasteiger partial charge in [-0.05, 0) is 12.1 Å². The molecule has 0 saturated carbocycles. The second kappa shape index (κ2) is 4.95. The third-order valence-electron chi connectivity index (χ3n) is 2.63. The number of primary amides is 1. The van der Waals surface area contributed by atoms with Crippen molar-refractivity contribution in [3.05, 3.63) is 18.2 Å². The molecule has 0 fully saturated rings. The van der Waals surface area contributed by atoms with E-state index in [1.165, 1.54) is 11.9 Å². The lowest BCUT2D eigenvalue weighted by molar-refractivity contribution is -0.135. The molecular weight excluding hydrogens is 236 g/mol. The fourth-order valence-electron chi connectivity index (χ4n) is 1.64. The molecule has 2 rings (SSSR count). The van der Waals surface area contributed by atoms with Crippen molar-refractivity contribution < 1.29 is 19.1 Å². The van der Waals surface area contributed by atoms with Crippen LogP contribution in [0.1, 0.15) is 6.42 Å². The van der Waals surface area contributed by atoms with E-state index in [4.69, 9.17) is 15.2 Å². The minimum Gasteiger partial charge on any atom is -0.490 e. The summed E-state index contributed by atoms with van der Waals surface area (Å²) in [6.07, 6.45) is 0.806. The summed E-state index contributed by atoms with van der Waals surface area (Å²) in [4.78, 5) is 23.5. The van der Waals surface area contributed by atoms with Gasteiger partial charge in [0.1, 0.15) is 0 Å². The molecule has 1 aromatic carbocycles. The molecule has 0 aromatic heterocycles. The zero-order chi connectivity index (χ0) is 13.1. The van der Waals surface area contributed by atoms with Crippen LogP contribution in [0, 0.1) is 0 Å². The first-order valence-corrected chi connectivity index (χ1v) is 5.56. The first-order chi connectivity index (χ1) is 8.59. The molecule has 0 unspecified atom stereocenters. The van der Waals surface area contributed by atoms with Crippen molar-refractivity contribution in [2.24, 2.45) is 5.73 Å². The van der Waals surface area contributed by atoms with Crippen molar-refractivity contribution >= 4 is 17.5 Å². The third-order valence-corrected chi connectivity index (χ3v) is 2.63. The number of carbonyl (C=O) groups is 2. The summed E-state index contributed by atoms with van der Waals surface area (Å²) in [5.41, 5.74) is 5.48. The van der Waals surface area contributed by atoms with Gasteiger partial charge in [-0.1, -0.05) is 0 Å². The van der Waals surface area contributed by atoms with Crippen LogP contribution < -0.4 is 20.1 Å². The molecule has 1 aliphatic rings. The fourth-order valence-corrected chi connectivity index (χ4v) is 1.64. The molecule has 6 heteroatoms. The molecule has 1 aliphatic heterocycles. The van der Waals surface area contributed by atoms with Gasteiger partial charge < -0.3 is 20.1 Å². The van der Waals surface area contributed by atoms with E-state index < -0.39 is 11.8 Å². The summed E-state index contributed by atoms with van der Waals surface area (Å²) in [6.45, 7) is 1.16. The molecule has 96 valence electrons. The Balaban J connectivity index is 2.27. The van der Waals surface area contributed by atoms with Gasteiger partial charge in [-0.15, -0.1) is 0 Å². The minimum atomic E-state index is -0.996. The molecular formula is C12H14N2O4. The molecule has 1 heterocycles. The smallest absolute Gasteiger partial charge is 0.315 e. The molecule has 0 radical (unpaired) electrons. The third kappa shape index (κ3) is 2.37. The monoisotopic (exact) mass is 250 g/mol. The van der Waals surface area contributed by atoms with E-state index in [1.54, 1.807) is 18.2 Å². The van der Waals surface area contributed by atoms with E-state index in [9.17, 15) is 9.59 Å². The van der Waals surface area contributed by atoms with Gasteiger partial charge in [0.25, 0.3) is 0 Å². The van der Waals surface area contributed by atoms with Crippen LogP contribution in [0.5, 0.6) is 11.5 Å². The molecule has 2 amide bonds. The zero-order valence-electron chi connectivity index (χ0n) is 10.0. The maximum absolute atomic E-state index is 11.5. The highest BCUT2D eigenvalue weighted by atomic mass is 16.5. The van der Waals surface area contributed by atoms with E-state index in [1.807, 2.05) is 0 Å². The fraction of sp³-hybridized carbons (Fsp3) is 0.333. The lowest BCUT2D eigenvalue weighted by atomic mass is 10.2. The topological polar surface area (TPSA) is 81.9 Å². The average molecular weight is 250 g/mol. The number of hydrogen-bond donors (Lipinski definition) is 1. The van der Waals surface area contributed by atoms with Gasteiger partial charge in [-0.25, -0.2) is 0 Å². The van der Waals surface area contributed by atoms with Crippen molar-refractivity contribution in [2.45, 2.75) is 6.42 Å². The number of nitrogens with zero attached hydrogens (tertiary/aromatic N) is 1. The SMILES string of the molecule is CN(C(=O)C(N)=O)c1ccc2c(c1)OCCCO2. The largest absolute Gasteiger partial charge is 0.490 e. The molecule has 1 aromatic rings. The Morgan fingerprint density at radius 1 is 1.22 bits per heavy atom. The van der Waals surface area contributed by atoms with Crippen molar-refractivity contribution in [2.75, 3.05) is 25.2 Å². The van der Waals surface area contributed by atoms with Crippen LogP contribution >= 0.6 is 0 Å². The lowest BCUT2D eigenvalue weighted by Crippen LogP contribution is -2.37. The van der Waals surface area contributed by atoms with Crippen LogP contribution in [-0.4, -0.2) is 32.1 Å². The van der Waals surface area contributed by atoms with Gasteiger partial charge in [0, 0.05) is 25.2 Å². The Morgan fingerprint density at radius 3 is 2.56 bits per heavy atom. The molecule has 0 bridgehead atoms. The highest BCUT2D eigenvalue weighted by Gasteiger charge is 2.19. The van der Waals surface area contributed by atoms with Crippen LogP contribution in [-0.2, 0) is 9.59 Å².